The van der Waals surface area contributed by atoms with Crippen molar-refractivity contribution >= 4 is 0 Å². The van der Waals surface area contributed by atoms with Gasteiger partial charge in [0.05, 0.1) is 12.1 Å². The molecular weight excluding hydrogens is 270 g/mol. The predicted molar refractivity (Wildman–Crippen MR) is 90.9 cm³/mol. The molecule has 1 aliphatic rings. The number of hydrogen-bond acceptors (Lipinski definition) is 2. The van der Waals surface area contributed by atoms with Crippen LogP contribution >= 0.6 is 0 Å². The second-order valence-electron chi connectivity index (χ2n) is 6.53. The molecule has 2 aromatic rings. The Morgan fingerprint density at radius 1 is 0.909 bits per heavy atom. The van der Waals surface area contributed by atoms with Gasteiger partial charge in [0.1, 0.15) is 0 Å². The lowest BCUT2D eigenvalue weighted by molar-refractivity contribution is -0.0738. The molecule has 0 aromatic heterocycles. The van der Waals surface area contributed by atoms with Gasteiger partial charge >= 0.3 is 0 Å². The molecule has 1 aliphatic heterocycles. The Balaban J connectivity index is 1.72. The van der Waals surface area contributed by atoms with Gasteiger partial charge in [-0.25, -0.2) is 0 Å². The van der Waals surface area contributed by atoms with Crippen LogP contribution in [-0.4, -0.2) is 30.7 Å². The third-order valence-corrected chi connectivity index (χ3v) is 4.14. The average Bonchev–Trinajstić information content (AvgIpc) is 2.51. The summed E-state index contributed by atoms with van der Waals surface area (Å²) in [6.45, 7) is 7.29. The molecule has 116 valence electrons. The van der Waals surface area contributed by atoms with Crippen LogP contribution in [0.3, 0.4) is 0 Å². The Hall–Kier alpha value is -1.64. The average molecular weight is 295 g/mol. The van der Waals surface area contributed by atoms with E-state index in [-0.39, 0.29) is 0 Å². The van der Waals surface area contributed by atoms with E-state index in [9.17, 15) is 0 Å². The largest absolute Gasteiger partial charge is 0.375 e. The molecule has 0 aliphatic carbocycles. The molecule has 0 bridgehead atoms. The quantitative estimate of drug-likeness (QED) is 0.794. The molecule has 0 N–H and O–H groups in total. The minimum Gasteiger partial charge on any atom is -0.375 e. The van der Waals surface area contributed by atoms with Crippen molar-refractivity contribution in [2.75, 3.05) is 19.7 Å². The molecule has 1 heterocycles. The normalized spacial score (nSPS) is 16.2. The van der Waals surface area contributed by atoms with Gasteiger partial charge in [-0.05, 0) is 17.0 Å². The van der Waals surface area contributed by atoms with Crippen molar-refractivity contribution < 1.29 is 4.74 Å². The third-order valence-electron chi connectivity index (χ3n) is 4.14. The molecule has 1 fully saturated rings. The molecule has 0 atom stereocenters. The molecule has 0 radical (unpaired) electrons. The van der Waals surface area contributed by atoms with Gasteiger partial charge < -0.3 is 4.74 Å². The molecule has 22 heavy (non-hydrogen) atoms. The maximum atomic E-state index is 5.95. The van der Waals surface area contributed by atoms with Crippen LogP contribution < -0.4 is 0 Å². The first-order chi connectivity index (χ1) is 10.7. The number of ether oxygens (including phenoxy) is 1. The van der Waals surface area contributed by atoms with Gasteiger partial charge in [-0.15, -0.1) is 0 Å². The molecule has 0 spiro atoms. The van der Waals surface area contributed by atoms with Crippen LogP contribution in [0.25, 0.3) is 0 Å². The Bertz CT molecular complexity index is 521. The first kappa shape index (κ1) is 15.3. The van der Waals surface area contributed by atoms with Crippen molar-refractivity contribution in [2.45, 2.75) is 26.0 Å². The Labute approximate surface area is 133 Å². The first-order valence-corrected chi connectivity index (χ1v) is 8.19. The third kappa shape index (κ3) is 3.57. The van der Waals surface area contributed by atoms with E-state index < -0.39 is 0 Å². The first-order valence-electron chi connectivity index (χ1n) is 8.19. The van der Waals surface area contributed by atoms with Gasteiger partial charge in [0, 0.05) is 19.7 Å². The number of hydrogen-bond donors (Lipinski definition) is 0. The Morgan fingerprint density at radius 2 is 1.41 bits per heavy atom. The number of likely N-dealkylation sites (tertiary alicyclic amines) is 1. The predicted octanol–water partition coefficient (Wildman–Crippen LogP) is 4.13. The highest BCUT2D eigenvalue weighted by atomic mass is 16.5. The van der Waals surface area contributed by atoms with Crippen LogP contribution in [-0.2, 0) is 4.74 Å². The lowest BCUT2D eigenvalue weighted by Crippen LogP contribution is -2.53. The zero-order valence-corrected chi connectivity index (χ0v) is 13.5. The van der Waals surface area contributed by atoms with E-state index in [2.05, 4.69) is 79.4 Å². The molecule has 3 rings (SSSR count). The molecule has 1 saturated heterocycles. The number of benzene rings is 2. The van der Waals surface area contributed by atoms with Crippen molar-refractivity contribution in [1.82, 2.24) is 4.90 Å². The van der Waals surface area contributed by atoms with Crippen LogP contribution in [0, 0.1) is 5.92 Å². The summed E-state index contributed by atoms with van der Waals surface area (Å²) in [6.07, 6.45) is 0.386. The zero-order valence-electron chi connectivity index (χ0n) is 13.5. The van der Waals surface area contributed by atoms with Gasteiger partial charge in [0.25, 0.3) is 0 Å². The van der Waals surface area contributed by atoms with Crippen LogP contribution in [0.1, 0.15) is 31.0 Å². The van der Waals surface area contributed by atoms with Crippen molar-refractivity contribution in [3.8, 4) is 0 Å². The van der Waals surface area contributed by atoms with Crippen molar-refractivity contribution in [3.05, 3.63) is 71.8 Å². The van der Waals surface area contributed by atoms with E-state index in [1.54, 1.807) is 0 Å². The molecule has 2 aromatic carbocycles. The highest BCUT2D eigenvalue weighted by Gasteiger charge is 2.34. The lowest BCUT2D eigenvalue weighted by Gasteiger charge is -2.44. The molecule has 2 nitrogen and oxygen atoms in total. The molecule has 0 amide bonds. The van der Waals surface area contributed by atoms with E-state index in [1.165, 1.54) is 11.1 Å². The van der Waals surface area contributed by atoms with Gasteiger partial charge in [-0.2, -0.15) is 0 Å². The summed E-state index contributed by atoms with van der Waals surface area (Å²) in [5.74, 6) is 0.605. The molecule has 0 unspecified atom stereocenters. The van der Waals surface area contributed by atoms with Crippen molar-refractivity contribution in [1.29, 1.82) is 0 Å². The fraction of sp³-hybridized carbons (Fsp3) is 0.400. The molecule has 2 heteroatoms. The number of rotatable bonds is 6. The highest BCUT2D eigenvalue weighted by molar-refractivity contribution is 5.32. The fourth-order valence-corrected chi connectivity index (χ4v) is 3.00. The summed E-state index contributed by atoms with van der Waals surface area (Å²) in [6, 6.07) is 21.9. The number of nitrogens with zero attached hydrogens (tertiary/aromatic N) is 1. The van der Waals surface area contributed by atoms with Crippen LogP contribution in [0.2, 0.25) is 0 Å². The summed E-state index contributed by atoms with van der Waals surface area (Å²) < 4.78 is 5.95. The topological polar surface area (TPSA) is 12.5 Å². The minimum absolute atomic E-state index is 0.335. The minimum atomic E-state index is 0.335. The Kier molecular flexibility index (Phi) is 4.91. The summed E-state index contributed by atoms with van der Waals surface area (Å²) in [4.78, 5) is 2.51. The lowest BCUT2D eigenvalue weighted by atomic mass is 9.94. The van der Waals surface area contributed by atoms with E-state index >= 15 is 0 Å². The summed E-state index contributed by atoms with van der Waals surface area (Å²) in [5.41, 5.74) is 2.71. The van der Waals surface area contributed by atoms with E-state index in [0.29, 0.717) is 18.1 Å². The smallest absolute Gasteiger partial charge is 0.0829 e. The van der Waals surface area contributed by atoms with E-state index in [0.717, 1.165) is 19.7 Å². The fourth-order valence-electron chi connectivity index (χ4n) is 3.00. The maximum Gasteiger partial charge on any atom is 0.0829 e. The van der Waals surface area contributed by atoms with Crippen LogP contribution in [0.15, 0.2) is 60.7 Å². The monoisotopic (exact) mass is 295 g/mol. The van der Waals surface area contributed by atoms with E-state index in [4.69, 9.17) is 4.74 Å². The van der Waals surface area contributed by atoms with Gasteiger partial charge in [-0.3, -0.25) is 4.90 Å². The van der Waals surface area contributed by atoms with Crippen LogP contribution in [0.4, 0.5) is 0 Å². The summed E-state index contributed by atoms with van der Waals surface area (Å²) in [5, 5.41) is 0. The van der Waals surface area contributed by atoms with Crippen molar-refractivity contribution in [3.63, 3.8) is 0 Å². The Morgan fingerprint density at radius 3 is 1.86 bits per heavy atom. The SMILES string of the molecule is CC(C)COC1CN(C(c2ccccc2)c2ccccc2)C1. The van der Waals surface area contributed by atoms with Gasteiger partial charge in [0.15, 0.2) is 0 Å². The highest BCUT2D eigenvalue weighted by Crippen LogP contribution is 2.32. The summed E-state index contributed by atoms with van der Waals surface area (Å²) >= 11 is 0. The molecular formula is C20H25NO. The summed E-state index contributed by atoms with van der Waals surface area (Å²) in [7, 11) is 0. The van der Waals surface area contributed by atoms with Gasteiger partial charge in [-0.1, -0.05) is 74.5 Å². The standard InChI is InChI=1S/C20H25NO/c1-16(2)15-22-19-13-21(14-19)20(17-9-5-3-6-10-17)18-11-7-4-8-12-18/h3-12,16,19-20H,13-15H2,1-2H3. The maximum absolute atomic E-state index is 5.95. The van der Waals surface area contributed by atoms with Crippen LogP contribution in [0.5, 0.6) is 0 Å². The second kappa shape index (κ2) is 7.08. The second-order valence-corrected chi connectivity index (χ2v) is 6.53. The zero-order chi connectivity index (χ0) is 15.4. The molecule has 0 saturated carbocycles. The van der Waals surface area contributed by atoms with Gasteiger partial charge in [0.2, 0.25) is 0 Å². The van der Waals surface area contributed by atoms with E-state index in [1.807, 2.05) is 0 Å². The van der Waals surface area contributed by atoms with Crippen molar-refractivity contribution in [2.24, 2.45) is 5.92 Å².